The quantitative estimate of drug-likeness (QED) is 0.773. The first-order chi connectivity index (χ1) is 11.4. The van der Waals surface area contributed by atoms with Crippen molar-refractivity contribution in [3.8, 4) is 11.5 Å². The van der Waals surface area contributed by atoms with Gasteiger partial charge in [-0.15, -0.1) is 4.83 Å². The van der Waals surface area contributed by atoms with Gasteiger partial charge in [0.15, 0.2) is 11.5 Å². The Morgan fingerprint density at radius 1 is 1.00 bits per heavy atom. The number of sulfonamides is 1. The smallest absolute Gasteiger partial charge is 0.266 e. The number of benzene rings is 2. The monoisotopic (exact) mass is 350 g/mol. The van der Waals surface area contributed by atoms with Gasteiger partial charge in [0.05, 0.1) is 19.1 Å². The van der Waals surface area contributed by atoms with Gasteiger partial charge in [0.2, 0.25) is 0 Å². The summed E-state index contributed by atoms with van der Waals surface area (Å²) in [6.45, 7) is 1.76. The summed E-state index contributed by atoms with van der Waals surface area (Å²) in [5.41, 5.74) is 3.31. The Labute approximate surface area is 140 Å². The zero-order valence-electron chi connectivity index (χ0n) is 13.5. The molecule has 0 unspecified atom stereocenters. The lowest BCUT2D eigenvalue weighted by molar-refractivity contribution is 0.0944. The molecule has 2 N–H and O–H groups in total. The second-order valence-corrected chi connectivity index (χ2v) is 6.57. The molecule has 0 radical (unpaired) electrons. The molecular formula is C16H18N2O5S. The number of ether oxygens (including phenoxy) is 2. The molecule has 2 aromatic rings. The number of nitrogens with one attached hydrogen (secondary N) is 2. The summed E-state index contributed by atoms with van der Waals surface area (Å²) in [7, 11) is -1.10. The number of hydrogen-bond donors (Lipinski definition) is 2. The van der Waals surface area contributed by atoms with E-state index in [2.05, 4.69) is 10.3 Å². The summed E-state index contributed by atoms with van der Waals surface area (Å²) in [4.78, 5) is 14.1. The first-order valence-electron chi connectivity index (χ1n) is 6.99. The van der Waals surface area contributed by atoms with Crippen molar-refractivity contribution < 1.29 is 22.7 Å². The minimum atomic E-state index is -3.95. The lowest BCUT2D eigenvalue weighted by Crippen LogP contribution is -2.41. The molecule has 128 valence electrons. The van der Waals surface area contributed by atoms with Crippen LogP contribution < -0.4 is 19.7 Å². The molecule has 2 rings (SSSR count). The number of carbonyl (C=O) groups excluding carboxylic acids is 1. The van der Waals surface area contributed by atoms with E-state index < -0.39 is 15.9 Å². The first-order valence-corrected chi connectivity index (χ1v) is 8.47. The average molecular weight is 350 g/mol. The Morgan fingerprint density at radius 3 is 2.29 bits per heavy atom. The maximum atomic E-state index is 12.3. The van der Waals surface area contributed by atoms with Crippen LogP contribution in [0.2, 0.25) is 0 Å². The van der Waals surface area contributed by atoms with E-state index in [9.17, 15) is 13.2 Å². The van der Waals surface area contributed by atoms with Crippen LogP contribution in [0.3, 0.4) is 0 Å². The molecular weight excluding hydrogens is 332 g/mol. The van der Waals surface area contributed by atoms with Crippen LogP contribution in [0.15, 0.2) is 47.4 Å². The summed E-state index contributed by atoms with van der Waals surface area (Å²) in [5.74, 6) is 0.128. The number of methoxy groups -OCH3 is 2. The van der Waals surface area contributed by atoms with Gasteiger partial charge < -0.3 is 9.47 Å². The van der Waals surface area contributed by atoms with Gasteiger partial charge in [-0.2, -0.15) is 0 Å². The van der Waals surface area contributed by atoms with Crippen molar-refractivity contribution >= 4 is 15.9 Å². The van der Waals surface area contributed by atoms with Crippen LogP contribution in [0, 0.1) is 6.92 Å². The predicted octanol–water partition coefficient (Wildman–Crippen LogP) is 1.64. The van der Waals surface area contributed by atoms with E-state index >= 15 is 0 Å². The van der Waals surface area contributed by atoms with Gasteiger partial charge in [-0.05, 0) is 30.7 Å². The Morgan fingerprint density at radius 2 is 1.67 bits per heavy atom. The molecule has 24 heavy (non-hydrogen) atoms. The van der Waals surface area contributed by atoms with Crippen LogP contribution in [0.4, 0.5) is 0 Å². The third-order valence-electron chi connectivity index (χ3n) is 3.35. The van der Waals surface area contributed by atoms with E-state index in [0.717, 1.165) is 5.56 Å². The topological polar surface area (TPSA) is 93.7 Å². The van der Waals surface area contributed by atoms with E-state index in [1.165, 1.54) is 32.4 Å². The van der Waals surface area contributed by atoms with E-state index in [1.807, 2.05) is 0 Å². The maximum Gasteiger partial charge on any atom is 0.266 e. The molecule has 0 spiro atoms. The van der Waals surface area contributed by atoms with Crippen LogP contribution >= 0.6 is 0 Å². The molecule has 0 saturated carbocycles. The number of hydrazine groups is 1. The Hall–Kier alpha value is -2.58. The third-order valence-corrected chi connectivity index (χ3v) is 4.60. The number of rotatable bonds is 6. The fourth-order valence-electron chi connectivity index (χ4n) is 2.05. The molecule has 2 aromatic carbocycles. The van der Waals surface area contributed by atoms with Crippen LogP contribution in [-0.4, -0.2) is 28.5 Å². The van der Waals surface area contributed by atoms with Crippen molar-refractivity contribution in [2.75, 3.05) is 14.2 Å². The van der Waals surface area contributed by atoms with Crippen molar-refractivity contribution in [1.29, 1.82) is 0 Å². The highest BCUT2D eigenvalue weighted by Gasteiger charge is 2.18. The molecule has 7 nitrogen and oxygen atoms in total. The van der Waals surface area contributed by atoms with E-state index in [4.69, 9.17) is 9.47 Å². The molecule has 1 amide bonds. The van der Waals surface area contributed by atoms with Gasteiger partial charge in [0, 0.05) is 11.6 Å². The normalized spacial score (nSPS) is 11.0. The highest BCUT2D eigenvalue weighted by molar-refractivity contribution is 7.89. The Kier molecular flexibility index (Phi) is 5.42. The van der Waals surface area contributed by atoms with Crippen LogP contribution in [0.5, 0.6) is 11.5 Å². The summed E-state index contributed by atoms with van der Waals surface area (Å²) in [6, 6.07) is 11.0. The number of amides is 1. The molecule has 0 bridgehead atoms. The molecule has 0 atom stereocenters. The van der Waals surface area contributed by atoms with Gasteiger partial charge in [0.1, 0.15) is 0 Å². The van der Waals surface area contributed by atoms with E-state index in [1.54, 1.807) is 31.2 Å². The highest BCUT2D eigenvalue weighted by atomic mass is 32.2. The summed E-state index contributed by atoms with van der Waals surface area (Å²) in [5, 5.41) is 0. The van der Waals surface area contributed by atoms with Crippen LogP contribution in [0.25, 0.3) is 0 Å². The third kappa shape index (κ3) is 3.84. The second-order valence-electron chi connectivity index (χ2n) is 4.89. The van der Waals surface area contributed by atoms with Crippen molar-refractivity contribution in [2.45, 2.75) is 11.8 Å². The second kappa shape index (κ2) is 7.33. The molecule has 0 saturated heterocycles. The Balaban J connectivity index is 2.17. The molecule has 0 aromatic heterocycles. The average Bonchev–Trinajstić information content (AvgIpc) is 2.59. The maximum absolute atomic E-state index is 12.3. The minimum Gasteiger partial charge on any atom is -0.493 e. The molecule has 8 heteroatoms. The first kappa shape index (κ1) is 17.8. The summed E-state index contributed by atoms with van der Waals surface area (Å²) >= 11 is 0. The van der Waals surface area contributed by atoms with Gasteiger partial charge in [-0.3, -0.25) is 10.2 Å². The fraction of sp³-hybridized carbons (Fsp3) is 0.188. The number of hydrogen-bond acceptors (Lipinski definition) is 5. The lowest BCUT2D eigenvalue weighted by Gasteiger charge is -2.12. The SMILES string of the molecule is COc1ccc(S(=O)(=O)NNC(=O)c2ccccc2C)cc1OC. The standard InChI is InChI=1S/C16H18N2O5S/c1-11-6-4-5-7-13(11)16(19)17-18-24(20,21)12-8-9-14(22-2)15(10-12)23-3/h4-10,18H,1-3H3,(H,17,19). The predicted molar refractivity (Wildman–Crippen MR) is 88.5 cm³/mol. The summed E-state index contributed by atoms with van der Waals surface area (Å²) in [6.07, 6.45) is 0. The molecule has 0 aliphatic carbocycles. The van der Waals surface area contributed by atoms with Gasteiger partial charge >= 0.3 is 0 Å². The van der Waals surface area contributed by atoms with E-state index in [0.29, 0.717) is 11.3 Å². The van der Waals surface area contributed by atoms with Crippen molar-refractivity contribution in [1.82, 2.24) is 10.3 Å². The lowest BCUT2D eigenvalue weighted by atomic mass is 10.1. The van der Waals surface area contributed by atoms with Crippen LogP contribution in [-0.2, 0) is 10.0 Å². The fourth-order valence-corrected chi connectivity index (χ4v) is 2.91. The zero-order chi connectivity index (χ0) is 17.7. The zero-order valence-corrected chi connectivity index (χ0v) is 14.3. The molecule has 0 fully saturated rings. The van der Waals surface area contributed by atoms with Gasteiger partial charge in [-0.1, -0.05) is 18.2 Å². The molecule has 0 heterocycles. The largest absolute Gasteiger partial charge is 0.493 e. The summed E-state index contributed by atoms with van der Waals surface area (Å²) < 4.78 is 34.7. The molecule has 0 aliphatic rings. The van der Waals surface area contributed by atoms with E-state index in [-0.39, 0.29) is 10.6 Å². The number of carbonyl (C=O) groups is 1. The minimum absolute atomic E-state index is 0.0646. The van der Waals surface area contributed by atoms with Crippen LogP contribution in [0.1, 0.15) is 15.9 Å². The van der Waals surface area contributed by atoms with Gasteiger partial charge in [0.25, 0.3) is 15.9 Å². The van der Waals surface area contributed by atoms with Gasteiger partial charge in [-0.25, -0.2) is 8.42 Å². The van der Waals surface area contributed by atoms with Crippen molar-refractivity contribution in [3.05, 3.63) is 53.6 Å². The Bertz CT molecular complexity index is 849. The molecule has 0 aliphatic heterocycles. The highest BCUT2D eigenvalue weighted by Crippen LogP contribution is 2.29. The van der Waals surface area contributed by atoms with Crippen molar-refractivity contribution in [2.24, 2.45) is 0 Å². The number of aryl methyl sites for hydroxylation is 1. The van der Waals surface area contributed by atoms with Crippen molar-refractivity contribution in [3.63, 3.8) is 0 Å².